The lowest BCUT2D eigenvalue weighted by Crippen LogP contribution is -2.37. The molecule has 0 saturated carbocycles. The van der Waals surface area contributed by atoms with Gasteiger partial charge in [-0.1, -0.05) is 11.6 Å². The van der Waals surface area contributed by atoms with Gasteiger partial charge in [0.05, 0.1) is 35.8 Å². The summed E-state index contributed by atoms with van der Waals surface area (Å²) in [6, 6.07) is 10.4. The summed E-state index contributed by atoms with van der Waals surface area (Å²) >= 11 is 5.83. The fourth-order valence-electron chi connectivity index (χ4n) is 3.43. The first-order valence-corrected chi connectivity index (χ1v) is 10.4. The molecule has 9 nitrogen and oxygen atoms in total. The Kier molecular flexibility index (Phi) is 6.55. The molecule has 3 aromatic heterocycles. The van der Waals surface area contributed by atoms with Gasteiger partial charge in [0.1, 0.15) is 18.2 Å². The first-order chi connectivity index (χ1) is 15.5. The molecule has 1 N–H and O–H groups in total. The summed E-state index contributed by atoms with van der Waals surface area (Å²) in [7, 11) is 1.35. The second kappa shape index (κ2) is 9.69. The summed E-state index contributed by atoms with van der Waals surface area (Å²) in [5.41, 5.74) is 1.13. The van der Waals surface area contributed by atoms with Crippen LogP contribution in [0, 0.1) is 0 Å². The number of methoxy groups -OCH3 is 1. The average molecular weight is 456 g/mol. The van der Waals surface area contributed by atoms with Gasteiger partial charge in [0.2, 0.25) is 0 Å². The van der Waals surface area contributed by atoms with Crippen molar-refractivity contribution in [3.05, 3.63) is 76.1 Å². The van der Waals surface area contributed by atoms with E-state index in [0.29, 0.717) is 28.7 Å². The number of alkyl carbamates (subject to hydrolysis) is 1. The minimum absolute atomic E-state index is 0.0159. The van der Waals surface area contributed by atoms with Crippen molar-refractivity contribution in [2.75, 3.05) is 25.1 Å². The Balaban J connectivity index is 1.39. The fraction of sp³-hybridized carbons (Fsp3) is 0.273. The molecule has 1 saturated heterocycles. The van der Waals surface area contributed by atoms with Crippen LogP contribution in [0.3, 0.4) is 0 Å². The monoisotopic (exact) mass is 455 g/mol. The van der Waals surface area contributed by atoms with Crippen LogP contribution in [0.5, 0.6) is 5.75 Å². The normalized spacial score (nSPS) is 15.4. The van der Waals surface area contributed by atoms with E-state index < -0.39 is 6.09 Å². The highest BCUT2D eigenvalue weighted by atomic mass is 35.5. The first kappa shape index (κ1) is 21.6. The maximum absolute atomic E-state index is 12.6. The quantitative estimate of drug-likeness (QED) is 0.610. The van der Waals surface area contributed by atoms with Gasteiger partial charge in [0.25, 0.3) is 5.56 Å². The van der Waals surface area contributed by atoms with Crippen LogP contribution >= 0.6 is 11.6 Å². The number of halogens is 1. The van der Waals surface area contributed by atoms with Crippen molar-refractivity contribution in [3.8, 4) is 11.4 Å². The molecule has 1 atom stereocenters. The standard InChI is InChI=1S/C22H22ClN5O4/c1-31-22(30)26-16-6-8-27(13-16)20-5-4-18(12-25-20)28-9-7-19(10-21(28)29)32-14-17-3-2-15(23)11-24-17/h2-5,7,9-12,16H,6,8,13-14H2,1H3,(H,26,30). The van der Waals surface area contributed by atoms with Crippen molar-refractivity contribution in [1.29, 1.82) is 0 Å². The molecule has 10 heteroatoms. The van der Waals surface area contributed by atoms with Gasteiger partial charge in [-0.3, -0.25) is 14.3 Å². The number of hydrogen-bond acceptors (Lipinski definition) is 7. The molecule has 0 aromatic carbocycles. The van der Waals surface area contributed by atoms with Crippen molar-refractivity contribution in [2.24, 2.45) is 0 Å². The number of aromatic nitrogens is 3. The Bertz CT molecular complexity index is 1130. The molecular weight excluding hydrogens is 434 g/mol. The second-order valence-corrected chi connectivity index (χ2v) is 7.71. The maximum atomic E-state index is 12.6. The minimum atomic E-state index is -0.434. The topological polar surface area (TPSA) is 98.6 Å². The van der Waals surface area contributed by atoms with Gasteiger partial charge in [-0.2, -0.15) is 0 Å². The molecule has 0 aliphatic carbocycles. The van der Waals surface area contributed by atoms with Crippen molar-refractivity contribution >= 4 is 23.5 Å². The van der Waals surface area contributed by atoms with E-state index in [1.807, 2.05) is 12.1 Å². The molecule has 1 aliphatic rings. The number of hydrogen-bond donors (Lipinski definition) is 1. The zero-order valence-electron chi connectivity index (χ0n) is 17.4. The van der Waals surface area contributed by atoms with E-state index in [1.54, 1.807) is 36.8 Å². The van der Waals surface area contributed by atoms with E-state index in [-0.39, 0.29) is 18.2 Å². The van der Waals surface area contributed by atoms with E-state index in [0.717, 1.165) is 18.8 Å². The summed E-state index contributed by atoms with van der Waals surface area (Å²) in [5.74, 6) is 1.24. The molecule has 4 heterocycles. The molecule has 166 valence electrons. The van der Waals surface area contributed by atoms with Crippen LogP contribution in [0.1, 0.15) is 12.1 Å². The van der Waals surface area contributed by atoms with E-state index in [9.17, 15) is 9.59 Å². The third-order valence-corrected chi connectivity index (χ3v) is 5.32. The zero-order chi connectivity index (χ0) is 22.5. The van der Waals surface area contributed by atoms with Gasteiger partial charge in [0.15, 0.2) is 0 Å². The number of rotatable bonds is 6. The molecule has 1 amide bonds. The number of nitrogens with zero attached hydrogens (tertiary/aromatic N) is 4. The Labute approximate surface area is 189 Å². The van der Waals surface area contributed by atoms with Gasteiger partial charge in [-0.25, -0.2) is 9.78 Å². The van der Waals surface area contributed by atoms with E-state index >= 15 is 0 Å². The van der Waals surface area contributed by atoms with E-state index in [4.69, 9.17) is 16.3 Å². The van der Waals surface area contributed by atoms with E-state index in [2.05, 4.69) is 24.9 Å². The summed E-state index contributed by atoms with van der Waals surface area (Å²) in [6.07, 6.45) is 5.22. The van der Waals surface area contributed by atoms with Gasteiger partial charge < -0.3 is 19.7 Å². The maximum Gasteiger partial charge on any atom is 0.407 e. The number of carbonyl (C=O) groups excluding carboxylic acids is 1. The average Bonchev–Trinajstić information content (AvgIpc) is 3.27. The summed E-state index contributed by atoms with van der Waals surface area (Å²) < 4.78 is 11.8. The predicted molar refractivity (Wildman–Crippen MR) is 120 cm³/mol. The largest absolute Gasteiger partial charge is 0.487 e. The van der Waals surface area contributed by atoms with Crippen molar-refractivity contribution in [2.45, 2.75) is 19.1 Å². The number of ether oxygens (including phenoxy) is 2. The Morgan fingerprint density at radius 2 is 2.09 bits per heavy atom. The Morgan fingerprint density at radius 1 is 1.22 bits per heavy atom. The van der Waals surface area contributed by atoms with Crippen LogP contribution in [0.4, 0.5) is 10.6 Å². The van der Waals surface area contributed by atoms with Crippen LogP contribution in [0.15, 0.2) is 59.8 Å². The first-order valence-electron chi connectivity index (χ1n) is 10.0. The molecule has 0 bridgehead atoms. The Morgan fingerprint density at radius 3 is 2.78 bits per heavy atom. The Hall–Kier alpha value is -3.59. The van der Waals surface area contributed by atoms with Crippen molar-refractivity contribution in [1.82, 2.24) is 19.9 Å². The van der Waals surface area contributed by atoms with Gasteiger partial charge in [-0.15, -0.1) is 0 Å². The van der Waals surface area contributed by atoms with Crippen LogP contribution in [-0.2, 0) is 11.3 Å². The van der Waals surface area contributed by atoms with Crippen molar-refractivity contribution in [3.63, 3.8) is 0 Å². The molecular formula is C22H22ClN5O4. The van der Waals surface area contributed by atoms with Gasteiger partial charge >= 0.3 is 6.09 Å². The lowest BCUT2D eigenvalue weighted by molar-refractivity contribution is 0.167. The van der Waals surface area contributed by atoms with Gasteiger partial charge in [0, 0.05) is 31.5 Å². The molecule has 1 aliphatic heterocycles. The number of amides is 1. The molecule has 1 fully saturated rings. The fourth-order valence-corrected chi connectivity index (χ4v) is 3.54. The van der Waals surface area contributed by atoms with Crippen LogP contribution in [0.2, 0.25) is 5.02 Å². The molecule has 4 rings (SSSR count). The number of anilines is 1. The molecule has 0 spiro atoms. The molecule has 0 radical (unpaired) electrons. The third-order valence-electron chi connectivity index (χ3n) is 5.10. The van der Waals surface area contributed by atoms with Crippen LogP contribution in [0.25, 0.3) is 5.69 Å². The zero-order valence-corrected chi connectivity index (χ0v) is 18.2. The number of pyridine rings is 3. The highest BCUT2D eigenvalue weighted by molar-refractivity contribution is 6.30. The predicted octanol–water partition coefficient (Wildman–Crippen LogP) is 2.79. The van der Waals surface area contributed by atoms with E-state index in [1.165, 1.54) is 17.7 Å². The van der Waals surface area contributed by atoms with Crippen LogP contribution < -0.4 is 20.5 Å². The van der Waals surface area contributed by atoms with Gasteiger partial charge in [-0.05, 0) is 36.8 Å². The van der Waals surface area contributed by atoms with Crippen LogP contribution in [-0.4, -0.2) is 46.9 Å². The smallest absolute Gasteiger partial charge is 0.407 e. The molecule has 1 unspecified atom stereocenters. The SMILES string of the molecule is COC(=O)NC1CCN(c2ccc(-n3ccc(OCc4ccc(Cl)cn4)cc3=O)cn2)C1. The lowest BCUT2D eigenvalue weighted by Gasteiger charge is -2.18. The molecule has 3 aromatic rings. The second-order valence-electron chi connectivity index (χ2n) is 7.27. The highest BCUT2D eigenvalue weighted by Crippen LogP contribution is 2.19. The minimum Gasteiger partial charge on any atom is -0.487 e. The lowest BCUT2D eigenvalue weighted by atomic mass is 10.3. The summed E-state index contributed by atoms with van der Waals surface area (Å²) in [5, 5.41) is 3.36. The number of carbonyl (C=O) groups is 1. The van der Waals surface area contributed by atoms with Crippen molar-refractivity contribution < 1.29 is 14.3 Å². The highest BCUT2D eigenvalue weighted by Gasteiger charge is 2.25. The number of nitrogens with one attached hydrogen (secondary N) is 1. The summed E-state index contributed by atoms with van der Waals surface area (Å²) in [6.45, 7) is 1.66. The summed E-state index contributed by atoms with van der Waals surface area (Å²) in [4.78, 5) is 34.7. The third kappa shape index (κ3) is 5.17. The molecule has 32 heavy (non-hydrogen) atoms.